The topological polar surface area (TPSA) is 70.0 Å². The summed E-state index contributed by atoms with van der Waals surface area (Å²) in [6, 6.07) is 6.97. The molecular formula is C10H11FN2O2S. The first kappa shape index (κ1) is 12.6. The summed E-state index contributed by atoms with van der Waals surface area (Å²) in [5.41, 5.74) is 0. The molecule has 1 atom stereocenters. The van der Waals surface area contributed by atoms with Crippen LogP contribution in [0.2, 0.25) is 0 Å². The van der Waals surface area contributed by atoms with E-state index in [9.17, 15) is 12.8 Å². The van der Waals surface area contributed by atoms with E-state index in [1.165, 1.54) is 18.2 Å². The summed E-state index contributed by atoms with van der Waals surface area (Å²) < 4.78 is 38.6. The van der Waals surface area contributed by atoms with Crippen LogP contribution in [0.1, 0.15) is 6.92 Å². The first-order valence-electron chi connectivity index (χ1n) is 4.61. The molecule has 0 amide bonds. The Balaban J connectivity index is 2.88. The number of nitrogens with one attached hydrogen (secondary N) is 1. The van der Waals surface area contributed by atoms with Gasteiger partial charge in [0.15, 0.2) is 0 Å². The summed E-state index contributed by atoms with van der Waals surface area (Å²) in [6.45, 7) is 1.54. The molecule has 0 aromatic heterocycles. The number of halogens is 1. The minimum atomic E-state index is -3.87. The molecular weight excluding hydrogens is 231 g/mol. The fourth-order valence-corrected chi connectivity index (χ4v) is 2.23. The molecule has 0 heterocycles. The van der Waals surface area contributed by atoms with Crippen molar-refractivity contribution in [2.24, 2.45) is 5.92 Å². The number of nitrogens with zero attached hydrogens (tertiary/aromatic N) is 1. The van der Waals surface area contributed by atoms with Crippen LogP contribution in [0.5, 0.6) is 0 Å². The zero-order valence-electron chi connectivity index (χ0n) is 8.64. The van der Waals surface area contributed by atoms with E-state index in [0.717, 1.165) is 6.07 Å². The Morgan fingerprint density at radius 2 is 2.12 bits per heavy atom. The lowest BCUT2D eigenvalue weighted by Gasteiger charge is -2.07. The largest absolute Gasteiger partial charge is 0.243 e. The number of sulfonamides is 1. The third-order valence-corrected chi connectivity index (χ3v) is 3.38. The lowest BCUT2D eigenvalue weighted by atomic mass is 10.2. The Morgan fingerprint density at radius 3 is 2.69 bits per heavy atom. The third kappa shape index (κ3) is 3.02. The zero-order chi connectivity index (χ0) is 12.2. The second-order valence-electron chi connectivity index (χ2n) is 3.31. The van der Waals surface area contributed by atoms with E-state index >= 15 is 0 Å². The van der Waals surface area contributed by atoms with Gasteiger partial charge in [-0.2, -0.15) is 5.26 Å². The molecule has 0 saturated carbocycles. The molecule has 1 aromatic rings. The van der Waals surface area contributed by atoms with Crippen molar-refractivity contribution in [3.8, 4) is 6.07 Å². The number of nitriles is 1. The van der Waals surface area contributed by atoms with Gasteiger partial charge in [-0.3, -0.25) is 0 Å². The quantitative estimate of drug-likeness (QED) is 0.864. The Hall–Kier alpha value is -1.45. The first-order chi connectivity index (χ1) is 7.47. The first-order valence-corrected chi connectivity index (χ1v) is 6.09. The minimum absolute atomic E-state index is 0.0346. The average molecular weight is 242 g/mol. The van der Waals surface area contributed by atoms with Crippen molar-refractivity contribution in [1.29, 1.82) is 5.26 Å². The maximum atomic E-state index is 13.2. The number of rotatable bonds is 4. The molecule has 0 aliphatic carbocycles. The van der Waals surface area contributed by atoms with E-state index in [1.807, 2.05) is 6.07 Å². The summed E-state index contributed by atoms with van der Waals surface area (Å²) in [7, 11) is -3.87. The van der Waals surface area contributed by atoms with Crippen molar-refractivity contribution in [3.63, 3.8) is 0 Å². The van der Waals surface area contributed by atoms with E-state index in [1.54, 1.807) is 6.92 Å². The van der Waals surface area contributed by atoms with Crippen molar-refractivity contribution in [3.05, 3.63) is 30.1 Å². The van der Waals surface area contributed by atoms with Crippen molar-refractivity contribution < 1.29 is 12.8 Å². The van der Waals surface area contributed by atoms with E-state index in [0.29, 0.717) is 0 Å². The maximum absolute atomic E-state index is 13.2. The maximum Gasteiger partial charge on any atom is 0.243 e. The van der Waals surface area contributed by atoms with Crippen molar-refractivity contribution >= 4 is 10.0 Å². The summed E-state index contributed by atoms with van der Waals surface area (Å²) in [4.78, 5) is -0.403. The van der Waals surface area contributed by atoms with Gasteiger partial charge in [-0.25, -0.2) is 17.5 Å². The van der Waals surface area contributed by atoms with Gasteiger partial charge < -0.3 is 0 Å². The Morgan fingerprint density at radius 1 is 1.50 bits per heavy atom. The molecule has 1 N–H and O–H groups in total. The molecule has 16 heavy (non-hydrogen) atoms. The van der Waals surface area contributed by atoms with E-state index < -0.39 is 26.7 Å². The van der Waals surface area contributed by atoms with Gasteiger partial charge in [0.25, 0.3) is 0 Å². The van der Waals surface area contributed by atoms with Gasteiger partial charge in [-0.1, -0.05) is 12.1 Å². The second kappa shape index (κ2) is 5.05. The molecule has 0 fully saturated rings. The number of hydrogen-bond donors (Lipinski definition) is 1. The number of benzene rings is 1. The van der Waals surface area contributed by atoms with E-state index in [4.69, 9.17) is 5.26 Å². The molecule has 1 unspecified atom stereocenters. The molecule has 0 radical (unpaired) electrons. The van der Waals surface area contributed by atoms with Gasteiger partial charge >= 0.3 is 0 Å². The minimum Gasteiger partial charge on any atom is -0.210 e. The van der Waals surface area contributed by atoms with Crippen LogP contribution in [0.3, 0.4) is 0 Å². The zero-order valence-corrected chi connectivity index (χ0v) is 9.46. The van der Waals surface area contributed by atoms with Crippen molar-refractivity contribution in [2.45, 2.75) is 11.8 Å². The summed E-state index contributed by atoms with van der Waals surface area (Å²) in [5, 5.41) is 8.50. The molecule has 4 nitrogen and oxygen atoms in total. The normalized spacial score (nSPS) is 13.1. The van der Waals surface area contributed by atoms with Gasteiger partial charge in [0, 0.05) is 6.54 Å². The molecule has 6 heteroatoms. The molecule has 86 valence electrons. The Bertz CT molecular complexity index is 508. The van der Waals surface area contributed by atoms with Gasteiger partial charge in [-0.05, 0) is 19.1 Å². The molecule has 0 aliphatic rings. The molecule has 0 bridgehead atoms. The Kier molecular flexibility index (Phi) is 3.99. The van der Waals surface area contributed by atoms with Crippen LogP contribution in [0.4, 0.5) is 4.39 Å². The monoisotopic (exact) mass is 242 g/mol. The standard InChI is InChI=1S/C10H11FN2O2S/c1-8(6-12)7-13-16(14,15)10-5-3-2-4-9(10)11/h2-5,8,13H,7H2,1H3. The fourth-order valence-electron chi connectivity index (χ4n) is 1.02. The predicted molar refractivity (Wildman–Crippen MR) is 56.4 cm³/mol. The second-order valence-corrected chi connectivity index (χ2v) is 5.05. The highest BCUT2D eigenvalue weighted by molar-refractivity contribution is 7.89. The van der Waals surface area contributed by atoms with Crippen LogP contribution >= 0.6 is 0 Å². The van der Waals surface area contributed by atoms with Crippen molar-refractivity contribution in [1.82, 2.24) is 4.72 Å². The van der Waals surface area contributed by atoms with Gasteiger partial charge in [0.2, 0.25) is 10.0 Å². The van der Waals surface area contributed by atoms with Crippen LogP contribution in [0.15, 0.2) is 29.2 Å². The van der Waals surface area contributed by atoms with Crippen LogP contribution < -0.4 is 4.72 Å². The van der Waals surface area contributed by atoms with Crippen LogP contribution in [0, 0.1) is 23.1 Å². The number of hydrogen-bond acceptors (Lipinski definition) is 3. The summed E-state index contributed by atoms with van der Waals surface area (Å²) >= 11 is 0. The molecule has 1 aromatic carbocycles. The van der Waals surface area contributed by atoms with Crippen LogP contribution in [0.25, 0.3) is 0 Å². The molecule has 0 saturated heterocycles. The van der Waals surface area contributed by atoms with E-state index in [-0.39, 0.29) is 6.54 Å². The lowest BCUT2D eigenvalue weighted by Crippen LogP contribution is -2.28. The molecule has 0 spiro atoms. The fraction of sp³-hybridized carbons (Fsp3) is 0.300. The van der Waals surface area contributed by atoms with Gasteiger partial charge in [-0.15, -0.1) is 0 Å². The molecule has 1 rings (SSSR count). The van der Waals surface area contributed by atoms with Crippen molar-refractivity contribution in [2.75, 3.05) is 6.54 Å². The average Bonchev–Trinajstić information content (AvgIpc) is 2.26. The van der Waals surface area contributed by atoms with Crippen LogP contribution in [-0.2, 0) is 10.0 Å². The highest BCUT2D eigenvalue weighted by atomic mass is 32.2. The third-order valence-electron chi connectivity index (χ3n) is 1.93. The molecule has 0 aliphatic heterocycles. The lowest BCUT2D eigenvalue weighted by molar-refractivity contribution is 0.551. The van der Waals surface area contributed by atoms with Crippen LogP contribution in [-0.4, -0.2) is 15.0 Å². The SMILES string of the molecule is CC(C#N)CNS(=O)(=O)c1ccccc1F. The highest BCUT2D eigenvalue weighted by Crippen LogP contribution is 2.13. The van der Waals surface area contributed by atoms with Gasteiger partial charge in [0.1, 0.15) is 10.7 Å². The highest BCUT2D eigenvalue weighted by Gasteiger charge is 2.18. The van der Waals surface area contributed by atoms with E-state index in [2.05, 4.69) is 4.72 Å². The summed E-state index contributed by atoms with van der Waals surface area (Å²) in [6.07, 6.45) is 0. The summed E-state index contributed by atoms with van der Waals surface area (Å²) in [5.74, 6) is -1.26. The predicted octanol–water partition coefficient (Wildman–Crippen LogP) is 1.26. The van der Waals surface area contributed by atoms with Gasteiger partial charge in [0.05, 0.1) is 12.0 Å². The smallest absolute Gasteiger partial charge is 0.210 e. The Labute approximate surface area is 93.8 Å².